The number of unbranched alkanes of at least 4 members (excludes halogenated alkanes) is 2. The Morgan fingerprint density at radius 1 is 1.00 bits per heavy atom. The summed E-state index contributed by atoms with van der Waals surface area (Å²) in [5.41, 5.74) is 1.90. The van der Waals surface area contributed by atoms with E-state index in [0.29, 0.717) is 30.6 Å². The van der Waals surface area contributed by atoms with Crippen molar-refractivity contribution >= 4 is 28.9 Å². The zero-order chi connectivity index (χ0) is 27.8. The highest BCUT2D eigenvalue weighted by Gasteiger charge is 2.21. The van der Waals surface area contributed by atoms with Gasteiger partial charge in [-0.25, -0.2) is 4.79 Å². The van der Waals surface area contributed by atoms with Crippen LogP contribution in [0.15, 0.2) is 36.4 Å². The Kier molecular flexibility index (Phi) is 15.2. The molecule has 1 aliphatic rings. The number of benzene rings is 1. The fraction of sp³-hybridized carbons (Fsp3) is 0.600. The second-order valence-electron chi connectivity index (χ2n) is 9.71. The van der Waals surface area contributed by atoms with Gasteiger partial charge in [0.05, 0.1) is 18.8 Å². The van der Waals surface area contributed by atoms with Crippen molar-refractivity contribution in [2.24, 2.45) is 0 Å². The van der Waals surface area contributed by atoms with E-state index in [1.165, 1.54) is 22.6 Å². The van der Waals surface area contributed by atoms with E-state index in [-0.39, 0.29) is 31.2 Å². The van der Waals surface area contributed by atoms with Crippen molar-refractivity contribution < 1.29 is 29.6 Å². The minimum atomic E-state index is -0.515. The van der Waals surface area contributed by atoms with Crippen LogP contribution in [-0.2, 0) is 16.0 Å². The quantitative estimate of drug-likeness (QED) is 0.192. The number of rotatable bonds is 15. The smallest absolute Gasteiger partial charge is 0.348 e. The number of aliphatic hydroxyl groups excluding tert-OH is 3. The molecule has 3 rings (SSSR count). The van der Waals surface area contributed by atoms with Gasteiger partial charge in [0.1, 0.15) is 4.88 Å². The highest BCUT2D eigenvalue weighted by atomic mass is 32.1. The molecule has 2 aromatic rings. The van der Waals surface area contributed by atoms with Gasteiger partial charge in [0.15, 0.2) is 0 Å². The summed E-state index contributed by atoms with van der Waals surface area (Å²) < 4.78 is 5.12. The molecule has 0 radical (unpaired) electrons. The molecular weight excluding hydrogens is 502 g/mol. The van der Waals surface area contributed by atoms with Crippen LogP contribution in [0, 0.1) is 0 Å². The van der Waals surface area contributed by atoms with E-state index in [1.54, 1.807) is 6.07 Å². The van der Waals surface area contributed by atoms with E-state index in [2.05, 4.69) is 13.8 Å². The number of esters is 1. The molecule has 0 saturated carbocycles. The van der Waals surface area contributed by atoms with Crippen molar-refractivity contribution in [1.29, 1.82) is 0 Å². The average Bonchev–Trinajstić information content (AvgIpc) is 3.57. The first-order valence-electron chi connectivity index (χ1n) is 14.0. The Labute approximate surface area is 231 Å². The van der Waals surface area contributed by atoms with Gasteiger partial charge in [-0.1, -0.05) is 51.7 Å². The lowest BCUT2D eigenvalue weighted by Gasteiger charge is -2.17. The van der Waals surface area contributed by atoms with Crippen molar-refractivity contribution in [2.75, 3.05) is 24.7 Å². The normalized spacial score (nSPS) is 14.7. The highest BCUT2D eigenvalue weighted by molar-refractivity contribution is 7.13. The second kappa shape index (κ2) is 18.1. The van der Waals surface area contributed by atoms with Gasteiger partial charge < -0.3 is 25.0 Å². The Balaban J connectivity index is 0.000000267. The highest BCUT2D eigenvalue weighted by Crippen LogP contribution is 2.25. The number of amides is 1. The summed E-state index contributed by atoms with van der Waals surface area (Å²) >= 11 is 1.47. The molecule has 7 nitrogen and oxygen atoms in total. The fourth-order valence-corrected chi connectivity index (χ4v) is 5.25. The van der Waals surface area contributed by atoms with E-state index in [1.807, 2.05) is 35.2 Å². The first-order chi connectivity index (χ1) is 18.4. The molecule has 0 bridgehead atoms. The SMILES string of the molecule is CCCCC[C@H](O)c1ccc(N2CCCC2=O)cc1.CCCc1ccc(C(=O)OCCC(O)CCCO)s1. The minimum absolute atomic E-state index is 0.0756. The Hall–Kier alpha value is -2.26. The van der Waals surface area contributed by atoms with Gasteiger partial charge in [-0.2, -0.15) is 0 Å². The third kappa shape index (κ3) is 11.2. The Bertz CT molecular complexity index is 944. The van der Waals surface area contributed by atoms with Gasteiger partial charge >= 0.3 is 5.97 Å². The lowest BCUT2D eigenvalue weighted by Crippen LogP contribution is -2.23. The van der Waals surface area contributed by atoms with Crippen molar-refractivity contribution in [1.82, 2.24) is 0 Å². The monoisotopic (exact) mass is 547 g/mol. The summed E-state index contributed by atoms with van der Waals surface area (Å²) in [5, 5.41) is 28.2. The lowest BCUT2D eigenvalue weighted by molar-refractivity contribution is -0.117. The molecule has 1 aromatic carbocycles. The molecule has 2 atom stereocenters. The van der Waals surface area contributed by atoms with E-state index < -0.39 is 6.10 Å². The number of aliphatic hydroxyl groups is 3. The number of anilines is 1. The summed E-state index contributed by atoms with van der Waals surface area (Å²) in [5.74, 6) is -0.113. The maximum atomic E-state index is 11.7. The van der Waals surface area contributed by atoms with E-state index in [4.69, 9.17) is 9.84 Å². The molecule has 1 amide bonds. The molecule has 1 fully saturated rings. The van der Waals surface area contributed by atoms with Crippen LogP contribution < -0.4 is 4.90 Å². The first kappa shape index (κ1) is 32.0. The summed E-state index contributed by atoms with van der Waals surface area (Å²) in [6, 6.07) is 11.5. The topological polar surface area (TPSA) is 107 Å². The van der Waals surface area contributed by atoms with Crippen molar-refractivity contribution in [3.05, 3.63) is 51.7 Å². The number of hydrogen-bond acceptors (Lipinski definition) is 7. The van der Waals surface area contributed by atoms with Crippen LogP contribution in [0.3, 0.4) is 0 Å². The number of carbonyl (C=O) groups excluding carboxylic acids is 2. The third-order valence-corrected chi connectivity index (χ3v) is 7.61. The summed E-state index contributed by atoms with van der Waals surface area (Å²) in [7, 11) is 0. The van der Waals surface area contributed by atoms with Gasteiger partial charge in [-0.3, -0.25) is 4.79 Å². The average molecular weight is 548 g/mol. The number of carbonyl (C=O) groups is 2. The van der Waals surface area contributed by atoms with Gasteiger partial charge in [-0.05, 0) is 61.9 Å². The summed E-state index contributed by atoms with van der Waals surface area (Å²) in [4.78, 5) is 27.0. The fourth-order valence-electron chi connectivity index (χ4n) is 4.25. The number of thiophene rings is 1. The molecule has 1 saturated heterocycles. The van der Waals surface area contributed by atoms with E-state index in [9.17, 15) is 19.8 Å². The largest absolute Gasteiger partial charge is 0.461 e. The molecule has 1 aromatic heterocycles. The molecular formula is C30H45NO6S. The summed E-state index contributed by atoms with van der Waals surface area (Å²) in [6.07, 6.45) is 8.48. The Morgan fingerprint density at radius 3 is 2.39 bits per heavy atom. The second-order valence-corrected chi connectivity index (χ2v) is 10.9. The van der Waals surface area contributed by atoms with Crippen LogP contribution in [0.5, 0.6) is 0 Å². The molecule has 1 aliphatic heterocycles. The maximum Gasteiger partial charge on any atom is 0.348 e. The predicted octanol–water partition coefficient (Wildman–Crippen LogP) is 5.81. The predicted molar refractivity (Wildman–Crippen MR) is 153 cm³/mol. The van der Waals surface area contributed by atoms with Gasteiger partial charge in [0.25, 0.3) is 0 Å². The third-order valence-electron chi connectivity index (χ3n) is 6.48. The zero-order valence-corrected chi connectivity index (χ0v) is 23.8. The Morgan fingerprint density at radius 2 is 1.76 bits per heavy atom. The van der Waals surface area contributed by atoms with Crippen LogP contribution in [-0.4, -0.2) is 53.1 Å². The van der Waals surface area contributed by atoms with Crippen LogP contribution in [0.4, 0.5) is 5.69 Å². The van der Waals surface area contributed by atoms with Crippen LogP contribution in [0.2, 0.25) is 0 Å². The van der Waals surface area contributed by atoms with Crippen molar-refractivity contribution in [2.45, 2.75) is 96.7 Å². The van der Waals surface area contributed by atoms with Gasteiger partial charge in [0.2, 0.25) is 5.91 Å². The number of nitrogens with zero attached hydrogens (tertiary/aromatic N) is 1. The minimum Gasteiger partial charge on any atom is -0.461 e. The first-order valence-corrected chi connectivity index (χ1v) is 14.8. The molecule has 2 heterocycles. The molecule has 3 N–H and O–H groups in total. The maximum absolute atomic E-state index is 11.7. The van der Waals surface area contributed by atoms with E-state index >= 15 is 0 Å². The molecule has 0 spiro atoms. The van der Waals surface area contributed by atoms with Crippen LogP contribution >= 0.6 is 11.3 Å². The van der Waals surface area contributed by atoms with Crippen LogP contribution in [0.25, 0.3) is 0 Å². The van der Waals surface area contributed by atoms with Gasteiger partial charge in [0, 0.05) is 36.6 Å². The number of aryl methyl sites for hydroxylation is 1. The molecule has 0 aliphatic carbocycles. The molecule has 212 valence electrons. The zero-order valence-electron chi connectivity index (χ0n) is 22.9. The van der Waals surface area contributed by atoms with Crippen molar-refractivity contribution in [3.63, 3.8) is 0 Å². The summed E-state index contributed by atoms with van der Waals surface area (Å²) in [6.45, 7) is 5.37. The lowest BCUT2D eigenvalue weighted by atomic mass is 10.0. The van der Waals surface area contributed by atoms with E-state index in [0.717, 1.165) is 56.3 Å². The van der Waals surface area contributed by atoms with Crippen LogP contribution in [0.1, 0.15) is 104 Å². The van der Waals surface area contributed by atoms with Crippen molar-refractivity contribution in [3.8, 4) is 0 Å². The molecule has 1 unspecified atom stereocenters. The molecule has 8 heteroatoms. The molecule has 38 heavy (non-hydrogen) atoms. The number of ether oxygens (including phenoxy) is 1. The number of hydrogen-bond donors (Lipinski definition) is 3. The standard InChI is InChI=1S/C16H23NO2.C14H22O4S/c1-2-3-4-6-15(18)13-8-10-14(11-9-13)17-12-5-7-16(17)19;1-2-4-12-6-7-13(19-12)14(17)18-10-8-11(16)5-3-9-15/h8-11,15,18H,2-7,12H2,1H3;6-7,11,15-16H,2-5,8-10H2,1H3/t15-;/m0./s1. The van der Waals surface area contributed by atoms with Gasteiger partial charge in [-0.15, -0.1) is 11.3 Å².